The van der Waals surface area contributed by atoms with Crippen LogP contribution in [0.25, 0.3) is 0 Å². The van der Waals surface area contributed by atoms with Gasteiger partial charge in [0.15, 0.2) is 0 Å². The van der Waals surface area contributed by atoms with E-state index in [1.165, 1.54) is 11.1 Å². The van der Waals surface area contributed by atoms with Crippen LogP contribution < -0.4 is 0 Å². The van der Waals surface area contributed by atoms with Crippen LogP contribution in [0, 0.1) is 5.92 Å². The van der Waals surface area contributed by atoms with Crippen LogP contribution in [0.1, 0.15) is 23.1 Å². The Morgan fingerprint density at radius 1 is 0.806 bits per heavy atom. The third kappa shape index (κ3) is 5.60. The zero-order valence-corrected chi connectivity index (χ0v) is 17.6. The third-order valence-electron chi connectivity index (χ3n) is 6.00. The van der Waals surface area contributed by atoms with E-state index in [1.54, 1.807) is 0 Å². The summed E-state index contributed by atoms with van der Waals surface area (Å²) in [4.78, 5) is 14.6. The number of benzene rings is 3. The lowest BCUT2D eigenvalue weighted by Gasteiger charge is -2.37. The first-order chi connectivity index (χ1) is 15.2. The first kappa shape index (κ1) is 21.3. The second-order valence-electron chi connectivity index (χ2n) is 8.19. The van der Waals surface area contributed by atoms with Crippen LogP contribution in [-0.4, -0.2) is 34.7 Å². The molecule has 0 amide bonds. The van der Waals surface area contributed by atoms with Crippen molar-refractivity contribution in [2.45, 2.75) is 38.1 Å². The van der Waals surface area contributed by atoms with Crippen molar-refractivity contribution in [3.8, 4) is 0 Å². The molecule has 1 N–H and O–H groups in total. The van der Waals surface area contributed by atoms with Gasteiger partial charge >= 0.3 is 5.97 Å². The van der Waals surface area contributed by atoms with E-state index >= 15 is 0 Å². The van der Waals surface area contributed by atoms with E-state index in [9.17, 15) is 9.90 Å². The van der Waals surface area contributed by atoms with Crippen LogP contribution in [0.4, 0.5) is 0 Å². The van der Waals surface area contributed by atoms with Crippen molar-refractivity contribution in [2.75, 3.05) is 6.61 Å². The van der Waals surface area contributed by atoms with E-state index in [0.29, 0.717) is 32.5 Å². The van der Waals surface area contributed by atoms with E-state index in [0.717, 1.165) is 5.56 Å². The fourth-order valence-electron chi connectivity index (χ4n) is 4.34. The maximum absolute atomic E-state index is 12.3. The van der Waals surface area contributed by atoms with Gasteiger partial charge in [0.05, 0.1) is 18.6 Å². The molecule has 4 nitrogen and oxygen atoms in total. The molecule has 0 bridgehead atoms. The van der Waals surface area contributed by atoms with Gasteiger partial charge in [-0.15, -0.1) is 0 Å². The van der Waals surface area contributed by atoms with Crippen molar-refractivity contribution in [1.29, 1.82) is 0 Å². The van der Waals surface area contributed by atoms with Gasteiger partial charge in [0.1, 0.15) is 0 Å². The fourth-order valence-corrected chi connectivity index (χ4v) is 4.34. The Morgan fingerprint density at radius 3 is 1.74 bits per heavy atom. The lowest BCUT2D eigenvalue weighted by atomic mass is 9.89. The molecule has 3 aromatic rings. The summed E-state index contributed by atoms with van der Waals surface area (Å²) < 4.78 is 5.19. The Labute approximate surface area is 184 Å². The fraction of sp³-hybridized carbons (Fsp3) is 0.296. The number of aliphatic hydroxyl groups is 1. The van der Waals surface area contributed by atoms with Crippen molar-refractivity contribution in [1.82, 2.24) is 4.90 Å². The minimum absolute atomic E-state index is 0.224. The van der Waals surface area contributed by atoms with Crippen molar-refractivity contribution in [3.05, 3.63) is 108 Å². The number of carbonyl (C=O) groups is 1. The van der Waals surface area contributed by atoms with Crippen LogP contribution >= 0.6 is 0 Å². The maximum Gasteiger partial charge on any atom is 0.311 e. The van der Waals surface area contributed by atoms with Crippen LogP contribution in [0.2, 0.25) is 0 Å². The van der Waals surface area contributed by atoms with Gasteiger partial charge in [-0.3, -0.25) is 9.69 Å². The van der Waals surface area contributed by atoms with Crippen molar-refractivity contribution < 1.29 is 14.6 Å². The molecule has 3 aromatic carbocycles. The predicted octanol–water partition coefficient (Wildman–Crippen LogP) is 4.22. The number of ether oxygens (including phenoxy) is 1. The average molecular weight is 416 g/mol. The third-order valence-corrected chi connectivity index (χ3v) is 6.00. The summed E-state index contributed by atoms with van der Waals surface area (Å²) in [6, 6.07) is 30.5. The molecule has 160 valence electrons. The van der Waals surface area contributed by atoms with Crippen molar-refractivity contribution >= 4 is 5.97 Å². The van der Waals surface area contributed by atoms with Gasteiger partial charge in [-0.2, -0.15) is 0 Å². The second-order valence-corrected chi connectivity index (χ2v) is 8.19. The van der Waals surface area contributed by atoms with Gasteiger partial charge in [0.25, 0.3) is 0 Å². The number of cyclic esters (lactones) is 1. The number of carbonyl (C=O) groups excluding carboxylic acids is 1. The number of esters is 1. The Kier molecular flexibility index (Phi) is 7.13. The molecule has 0 unspecified atom stereocenters. The van der Waals surface area contributed by atoms with E-state index in [-0.39, 0.29) is 12.0 Å². The zero-order chi connectivity index (χ0) is 21.5. The van der Waals surface area contributed by atoms with E-state index in [1.807, 2.05) is 54.6 Å². The van der Waals surface area contributed by atoms with Gasteiger partial charge in [-0.25, -0.2) is 0 Å². The summed E-state index contributed by atoms with van der Waals surface area (Å²) in [5, 5.41) is 11.4. The van der Waals surface area contributed by atoms with Crippen LogP contribution in [0.5, 0.6) is 0 Å². The molecule has 4 heteroatoms. The second kappa shape index (κ2) is 10.4. The van der Waals surface area contributed by atoms with Crippen molar-refractivity contribution in [3.63, 3.8) is 0 Å². The SMILES string of the molecule is O=C1OCC[C@H]1[C@H](O)[C@H](Cc1ccccc1)N(Cc1ccccc1)Cc1ccccc1. The summed E-state index contributed by atoms with van der Waals surface area (Å²) >= 11 is 0. The molecule has 0 spiro atoms. The number of nitrogens with zero attached hydrogens (tertiary/aromatic N) is 1. The largest absolute Gasteiger partial charge is 0.465 e. The minimum atomic E-state index is -0.803. The quantitative estimate of drug-likeness (QED) is 0.532. The molecule has 31 heavy (non-hydrogen) atoms. The monoisotopic (exact) mass is 415 g/mol. The number of rotatable bonds is 9. The number of hydrogen-bond acceptors (Lipinski definition) is 4. The first-order valence-electron chi connectivity index (χ1n) is 10.9. The highest BCUT2D eigenvalue weighted by atomic mass is 16.5. The molecular weight excluding hydrogens is 386 g/mol. The molecule has 1 aliphatic heterocycles. The highest BCUT2D eigenvalue weighted by Crippen LogP contribution is 2.27. The number of hydrogen-bond donors (Lipinski definition) is 1. The Hall–Kier alpha value is -2.95. The molecule has 4 rings (SSSR count). The molecule has 0 saturated carbocycles. The van der Waals surface area contributed by atoms with Crippen molar-refractivity contribution in [2.24, 2.45) is 5.92 Å². The standard InChI is InChI=1S/C27H29NO3/c29-26(24-16-17-31-27(24)30)25(18-21-10-4-1-5-11-21)28(19-22-12-6-2-7-13-22)20-23-14-8-3-9-15-23/h1-15,24-26,29H,16-20H2/t24-,25-,26-/m0/s1. The summed E-state index contributed by atoms with van der Waals surface area (Å²) in [6.45, 7) is 1.76. The molecule has 1 heterocycles. The molecule has 3 atom stereocenters. The van der Waals surface area contributed by atoms with Crippen LogP contribution in [0.15, 0.2) is 91.0 Å². The summed E-state index contributed by atoms with van der Waals surface area (Å²) in [5.41, 5.74) is 3.50. The molecule has 1 aliphatic rings. The highest BCUT2D eigenvalue weighted by molar-refractivity contribution is 5.74. The van der Waals surface area contributed by atoms with Gasteiger partial charge in [0.2, 0.25) is 0 Å². The Bertz CT molecular complexity index is 904. The van der Waals surface area contributed by atoms with Gasteiger partial charge in [0, 0.05) is 19.1 Å². The smallest absolute Gasteiger partial charge is 0.311 e. The first-order valence-corrected chi connectivity index (χ1v) is 10.9. The molecular formula is C27H29NO3. The topological polar surface area (TPSA) is 49.8 Å². The maximum atomic E-state index is 12.3. The highest BCUT2D eigenvalue weighted by Gasteiger charge is 2.39. The van der Waals surface area contributed by atoms with E-state index in [2.05, 4.69) is 41.3 Å². The molecule has 1 fully saturated rings. The van der Waals surface area contributed by atoms with Gasteiger partial charge < -0.3 is 9.84 Å². The lowest BCUT2D eigenvalue weighted by Crippen LogP contribution is -2.48. The van der Waals surface area contributed by atoms with E-state index in [4.69, 9.17) is 4.74 Å². The zero-order valence-electron chi connectivity index (χ0n) is 17.6. The lowest BCUT2D eigenvalue weighted by molar-refractivity contribution is -0.145. The van der Waals surface area contributed by atoms with E-state index < -0.39 is 12.0 Å². The molecule has 0 radical (unpaired) electrons. The summed E-state index contributed by atoms with van der Waals surface area (Å²) in [7, 11) is 0. The molecule has 0 aliphatic carbocycles. The van der Waals surface area contributed by atoms with Crippen LogP contribution in [0.3, 0.4) is 0 Å². The van der Waals surface area contributed by atoms with Crippen LogP contribution in [-0.2, 0) is 29.0 Å². The Balaban J connectivity index is 1.67. The van der Waals surface area contributed by atoms with Gasteiger partial charge in [-0.05, 0) is 29.5 Å². The minimum Gasteiger partial charge on any atom is -0.465 e. The normalized spacial score (nSPS) is 18.0. The van der Waals surface area contributed by atoms with Gasteiger partial charge in [-0.1, -0.05) is 91.0 Å². The Morgan fingerprint density at radius 2 is 1.29 bits per heavy atom. The molecule has 1 saturated heterocycles. The predicted molar refractivity (Wildman–Crippen MR) is 121 cm³/mol. The molecule has 0 aromatic heterocycles. The number of aliphatic hydroxyl groups excluding tert-OH is 1. The summed E-state index contributed by atoms with van der Waals surface area (Å²) in [6.07, 6.45) is 0.420. The average Bonchev–Trinajstić information content (AvgIpc) is 3.24. The summed E-state index contributed by atoms with van der Waals surface area (Å²) in [5.74, 6) is -0.771.